The van der Waals surface area contributed by atoms with E-state index in [1.165, 1.54) is 0 Å². The molecule has 0 aliphatic heterocycles. The third-order valence-corrected chi connectivity index (χ3v) is 3.91. The monoisotopic (exact) mass is 418 g/mol. The molecule has 0 bridgehead atoms. The number of urea groups is 1. The molecule has 0 aliphatic rings. The molecule has 4 N–H and O–H groups in total. The molecule has 0 heterocycles. The lowest BCUT2D eigenvalue weighted by molar-refractivity contribution is -0.116. The minimum absolute atomic E-state index is 0.0367. The molecule has 0 atom stereocenters. The largest absolute Gasteiger partial charge is 0.352 e. The number of benzene rings is 2. The molecule has 0 aliphatic carbocycles. The highest BCUT2D eigenvalue weighted by molar-refractivity contribution is 5.99. The van der Waals surface area contributed by atoms with Crippen LogP contribution >= 0.6 is 0 Å². The van der Waals surface area contributed by atoms with Gasteiger partial charge in [-0.2, -0.15) is 0 Å². The highest BCUT2D eigenvalue weighted by Gasteiger charge is 2.13. The molecule has 0 spiro atoms. The second-order valence-corrected chi connectivity index (χ2v) is 6.83. The lowest BCUT2D eigenvalue weighted by Gasteiger charge is -2.14. The van der Waals surface area contributed by atoms with E-state index in [1.807, 2.05) is 13.8 Å². The molecule has 0 unspecified atom stereocenters. The third-order valence-electron chi connectivity index (χ3n) is 3.91. The summed E-state index contributed by atoms with van der Waals surface area (Å²) in [7, 11) is 0. The van der Waals surface area contributed by atoms with E-state index >= 15 is 0 Å². The van der Waals surface area contributed by atoms with Crippen LogP contribution in [-0.4, -0.2) is 30.4 Å². The first-order valence-corrected chi connectivity index (χ1v) is 9.46. The van der Waals surface area contributed by atoms with Gasteiger partial charge in [-0.05, 0) is 44.5 Å². The fourth-order valence-corrected chi connectivity index (χ4v) is 2.55. The Morgan fingerprint density at radius 3 is 2.27 bits per heavy atom. The van der Waals surface area contributed by atoms with Gasteiger partial charge < -0.3 is 21.3 Å². The maximum absolute atomic E-state index is 13.6. The summed E-state index contributed by atoms with van der Waals surface area (Å²) in [6.45, 7) is 3.80. The van der Waals surface area contributed by atoms with Gasteiger partial charge in [-0.25, -0.2) is 13.6 Å². The standard InChI is InChI=1S/C21H24F2N4O3/c1-13(2)25-21(30)27-18-7-4-3-6-17(18)26-19(28)8-5-11-24-20(29)15-10-9-14(22)12-16(15)23/h3-4,6-7,9-10,12-13H,5,8,11H2,1-2H3,(H,24,29)(H,26,28)(H2,25,27,30). The molecule has 2 aromatic carbocycles. The molecule has 2 rings (SSSR count). The molecule has 9 heteroatoms. The fourth-order valence-electron chi connectivity index (χ4n) is 2.55. The number of amides is 4. The summed E-state index contributed by atoms with van der Waals surface area (Å²) in [6.07, 6.45) is 0.405. The Bertz CT molecular complexity index is 919. The molecule has 4 amide bonds. The van der Waals surface area contributed by atoms with Crippen molar-refractivity contribution in [2.24, 2.45) is 0 Å². The molecule has 0 aromatic heterocycles. The Balaban J connectivity index is 1.81. The third kappa shape index (κ3) is 7.16. The van der Waals surface area contributed by atoms with E-state index in [2.05, 4.69) is 21.3 Å². The quantitative estimate of drug-likeness (QED) is 0.493. The molecule has 160 valence electrons. The second-order valence-electron chi connectivity index (χ2n) is 6.83. The normalized spacial score (nSPS) is 10.4. The summed E-state index contributed by atoms with van der Waals surface area (Å²) in [4.78, 5) is 36.0. The van der Waals surface area contributed by atoms with Crippen LogP contribution in [0.25, 0.3) is 0 Å². The second kappa shape index (κ2) is 10.9. The number of carbonyl (C=O) groups excluding carboxylic acids is 3. The number of nitrogens with one attached hydrogen (secondary N) is 4. The summed E-state index contributed by atoms with van der Waals surface area (Å²) in [5.41, 5.74) is 0.628. The number of hydrogen-bond donors (Lipinski definition) is 4. The smallest absolute Gasteiger partial charge is 0.319 e. The molecular weight excluding hydrogens is 394 g/mol. The van der Waals surface area contributed by atoms with E-state index in [0.717, 1.165) is 12.1 Å². The average Bonchev–Trinajstić information content (AvgIpc) is 2.66. The van der Waals surface area contributed by atoms with Crippen LogP contribution < -0.4 is 21.3 Å². The van der Waals surface area contributed by atoms with Gasteiger partial charge in [0.15, 0.2) is 0 Å². The zero-order valence-corrected chi connectivity index (χ0v) is 16.7. The number of hydrogen-bond acceptors (Lipinski definition) is 3. The number of anilines is 2. The van der Waals surface area contributed by atoms with Gasteiger partial charge in [0.05, 0.1) is 16.9 Å². The van der Waals surface area contributed by atoms with Gasteiger partial charge in [0.1, 0.15) is 11.6 Å². The number of para-hydroxylation sites is 2. The van der Waals surface area contributed by atoms with E-state index in [-0.39, 0.29) is 36.5 Å². The van der Waals surface area contributed by atoms with Gasteiger partial charge in [0.25, 0.3) is 5.91 Å². The van der Waals surface area contributed by atoms with Crippen molar-refractivity contribution >= 4 is 29.2 Å². The zero-order valence-electron chi connectivity index (χ0n) is 16.7. The summed E-state index contributed by atoms with van der Waals surface area (Å²) < 4.78 is 26.5. The molecule has 0 saturated carbocycles. The first kappa shape index (κ1) is 22.8. The molecular formula is C21H24F2N4O3. The number of rotatable bonds is 8. The van der Waals surface area contributed by atoms with Crippen molar-refractivity contribution in [2.45, 2.75) is 32.7 Å². The van der Waals surface area contributed by atoms with Crippen LogP contribution in [0.2, 0.25) is 0 Å². The van der Waals surface area contributed by atoms with E-state index in [9.17, 15) is 23.2 Å². The van der Waals surface area contributed by atoms with Crippen LogP contribution in [0, 0.1) is 11.6 Å². The van der Waals surface area contributed by atoms with Crippen molar-refractivity contribution in [1.82, 2.24) is 10.6 Å². The van der Waals surface area contributed by atoms with Crippen LogP contribution in [0.3, 0.4) is 0 Å². The fraction of sp³-hybridized carbons (Fsp3) is 0.286. The van der Waals surface area contributed by atoms with Crippen molar-refractivity contribution < 1.29 is 23.2 Å². The summed E-state index contributed by atoms with van der Waals surface area (Å²) >= 11 is 0. The van der Waals surface area contributed by atoms with Gasteiger partial charge in [0, 0.05) is 25.1 Å². The van der Waals surface area contributed by atoms with E-state index in [0.29, 0.717) is 23.9 Å². The van der Waals surface area contributed by atoms with E-state index in [1.54, 1.807) is 24.3 Å². The van der Waals surface area contributed by atoms with Crippen LogP contribution in [0.5, 0.6) is 0 Å². The van der Waals surface area contributed by atoms with Gasteiger partial charge in [-0.15, -0.1) is 0 Å². The Hall–Kier alpha value is -3.49. The maximum Gasteiger partial charge on any atom is 0.319 e. The van der Waals surface area contributed by atoms with Crippen molar-refractivity contribution in [3.63, 3.8) is 0 Å². The minimum Gasteiger partial charge on any atom is -0.352 e. The number of carbonyl (C=O) groups is 3. The topological polar surface area (TPSA) is 99.3 Å². The predicted octanol–water partition coefficient (Wildman–Crippen LogP) is 3.64. The van der Waals surface area contributed by atoms with Crippen molar-refractivity contribution in [1.29, 1.82) is 0 Å². The first-order valence-electron chi connectivity index (χ1n) is 9.46. The highest BCUT2D eigenvalue weighted by Crippen LogP contribution is 2.21. The van der Waals surface area contributed by atoms with E-state index in [4.69, 9.17) is 0 Å². The van der Waals surface area contributed by atoms with E-state index < -0.39 is 17.5 Å². The summed E-state index contributed by atoms with van der Waals surface area (Å²) in [5.74, 6) is -2.71. The first-order chi connectivity index (χ1) is 14.3. The molecule has 30 heavy (non-hydrogen) atoms. The van der Waals surface area contributed by atoms with Crippen molar-refractivity contribution in [3.8, 4) is 0 Å². The maximum atomic E-state index is 13.6. The van der Waals surface area contributed by atoms with Gasteiger partial charge in [-0.3, -0.25) is 9.59 Å². The zero-order chi connectivity index (χ0) is 22.1. The van der Waals surface area contributed by atoms with Crippen molar-refractivity contribution in [3.05, 3.63) is 59.7 Å². The van der Waals surface area contributed by atoms with Crippen LogP contribution in [0.4, 0.5) is 25.0 Å². The minimum atomic E-state index is -0.948. The van der Waals surface area contributed by atoms with Crippen molar-refractivity contribution in [2.75, 3.05) is 17.2 Å². The van der Waals surface area contributed by atoms with Crippen LogP contribution in [0.15, 0.2) is 42.5 Å². The SMILES string of the molecule is CC(C)NC(=O)Nc1ccccc1NC(=O)CCCNC(=O)c1ccc(F)cc1F. The molecule has 2 aromatic rings. The summed E-state index contributed by atoms with van der Waals surface area (Å²) in [6, 6.07) is 9.03. The number of halogens is 2. The molecule has 0 fully saturated rings. The lowest BCUT2D eigenvalue weighted by Crippen LogP contribution is -2.34. The van der Waals surface area contributed by atoms with Crippen LogP contribution in [-0.2, 0) is 4.79 Å². The molecule has 0 radical (unpaired) electrons. The highest BCUT2D eigenvalue weighted by atomic mass is 19.1. The Labute approximate surface area is 173 Å². The lowest BCUT2D eigenvalue weighted by atomic mass is 10.2. The van der Waals surface area contributed by atoms with Gasteiger partial charge >= 0.3 is 6.03 Å². The summed E-state index contributed by atoms with van der Waals surface area (Å²) in [5, 5.41) is 10.6. The molecule has 7 nitrogen and oxygen atoms in total. The Morgan fingerprint density at radius 2 is 1.63 bits per heavy atom. The predicted molar refractivity (Wildman–Crippen MR) is 110 cm³/mol. The average molecular weight is 418 g/mol. The Morgan fingerprint density at radius 1 is 0.967 bits per heavy atom. The van der Waals surface area contributed by atoms with Gasteiger partial charge in [-0.1, -0.05) is 12.1 Å². The van der Waals surface area contributed by atoms with Crippen LogP contribution in [0.1, 0.15) is 37.0 Å². The Kier molecular flexibility index (Phi) is 8.28. The molecule has 0 saturated heterocycles. The van der Waals surface area contributed by atoms with Gasteiger partial charge in [0.2, 0.25) is 5.91 Å².